The molecule has 0 aliphatic heterocycles. The van der Waals surface area contributed by atoms with Gasteiger partial charge in [0.15, 0.2) is 0 Å². The van der Waals surface area contributed by atoms with Crippen molar-refractivity contribution in [3.8, 4) is 11.5 Å². The molecule has 1 aromatic rings. The van der Waals surface area contributed by atoms with Crippen LogP contribution in [0.1, 0.15) is 43.9 Å². The van der Waals surface area contributed by atoms with Crippen LogP contribution in [0.25, 0.3) is 0 Å². The van der Waals surface area contributed by atoms with Crippen LogP contribution in [-0.4, -0.2) is 17.3 Å². The number of rotatable bonds is 1. The molecule has 2 N–H and O–H groups in total. The molecular weight excluding hydrogens is 204 g/mol. The fourth-order valence-electron chi connectivity index (χ4n) is 2.58. The fraction of sp³-hybridized carbons (Fsp3) is 0.538. The zero-order valence-electron chi connectivity index (χ0n) is 9.95. The van der Waals surface area contributed by atoms with E-state index in [0.29, 0.717) is 12.2 Å². The highest BCUT2D eigenvalue weighted by Crippen LogP contribution is 2.48. The lowest BCUT2D eigenvalue weighted by Crippen LogP contribution is -2.26. The van der Waals surface area contributed by atoms with Gasteiger partial charge in [0.25, 0.3) is 0 Å². The molecule has 0 saturated carbocycles. The Balaban J connectivity index is 2.70. The van der Waals surface area contributed by atoms with Crippen molar-refractivity contribution in [1.82, 2.24) is 0 Å². The number of ether oxygens (including phenoxy) is 1. The predicted molar refractivity (Wildman–Crippen MR) is 61.9 cm³/mol. The van der Waals surface area contributed by atoms with Gasteiger partial charge in [0, 0.05) is 11.1 Å². The van der Waals surface area contributed by atoms with E-state index in [1.54, 1.807) is 19.2 Å². The number of fused-ring (bicyclic) bond motifs is 1. The summed E-state index contributed by atoms with van der Waals surface area (Å²) in [6.45, 7) is 4.16. The lowest BCUT2D eigenvalue weighted by Gasteiger charge is -2.36. The van der Waals surface area contributed by atoms with Crippen molar-refractivity contribution in [1.29, 1.82) is 0 Å². The van der Waals surface area contributed by atoms with Crippen LogP contribution in [0.2, 0.25) is 0 Å². The Morgan fingerprint density at radius 1 is 1.38 bits per heavy atom. The van der Waals surface area contributed by atoms with Crippen LogP contribution in [0.5, 0.6) is 11.5 Å². The number of methoxy groups -OCH3 is 1. The van der Waals surface area contributed by atoms with Gasteiger partial charge in [0.1, 0.15) is 11.5 Å². The second-order valence-corrected chi connectivity index (χ2v) is 5.01. The lowest BCUT2D eigenvalue weighted by molar-refractivity contribution is 0.134. The molecule has 0 saturated heterocycles. The largest absolute Gasteiger partial charge is 0.508 e. The molecule has 1 aliphatic rings. The number of phenols is 1. The molecular formula is C13H18O3. The second kappa shape index (κ2) is 3.67. The minimum absolute atomic E-state index is 0.118. The Morgan fingerprint density at radius 2 is 2.06 bits per heavy atom. The predicted octanol–water partition coefficient (Wildman–Crippen LogP) is 2.51. The number of aliphatic hydroxyl groups is 1. The lowest BCUT2D eigenvalue weighted by atomic mass is 9.71. The van der Waals surface area contributed by atoms with Crippen LogP contribution >= 0.6 is 0 Å². The van der Waals surface area contributed by atoms with Gasteiger partial charge < -0.3 is 14.9 Å². The van der Waals surface area contributed by atoms with Crippen LogP contribution in [0.15, 0.2) is 12.1 Å². The zero-order chi connectivity index (χ0) is 11.9. The number of benzene rings is 1. The highest BCUT2D eigenvalue weighted by Gasteiger charge is 2.36. The number of phenolic OH excluding ortho intramolecular Hbond substituents is 1. The first-order chi connectivity index (χ1) is 7.47. The topological polar surface area (TPSA) is 49.7 Å². The molecule has 3 nitrogen and oxygen atoms in total. The standard InChI is InChI=1S/C13H18O3/c1-13(2)7-6-8(14)11-10(16-3)5-4-9(15)12(11)13/h4-5,8,14-15H,6-7H2,1-3H3. The second-order valence-electron chi connectivity index (χ2n) is 5.01. The summed E-state index contributed by atoms with van der Waals surface area (Å²) in [6.07, 6.45) is 1.03. The number of hydrogen-bond acceptors (Lipinski definition) is 3. The first kappa shape index (κ1) is 11.3. The Labute approximate surface area is 95.7 Å². The molecule has 1 aromatic carbocycles. The van der Waals surface area contributed by atoms with Crippen LogP contribution in [-0.2, 0) is 5.41 Å². The summed E-state index contributed by atoms with van der Waals surface area (Å²) in [5.74, 6) is 0.910. The zero-order valence-corrected chi connectivity index (χ0v) is 9.95. The van der Waals surface area contributed by atoms with Crippen LogP contribution < -0.4 is 4.74 Å². The van der Waals surface area contributed by atoms with Gasteiger partial charge in [-0.1, -0.05) is 13.8 Å². The Bertz CT molecular complexity index is 410. The van der Waals surface area contributed by atoms with E-state index in [-0.39, 0.29) is 11.2 Å². The molecule has 1 unspecified atom stereocenters. The molecule has 16 heavy (non-hydrogen) atoms. The van der Waals surface area contributed by atoms with E-state index in [4.69, 9.17) is 4.74 Å². The molecule has 0 amide bonds. The average molecular weight is 222 g/mol. The molecule has 0 aromatic heterocycles. The Kier molecular flexibility index (Phi) is 2.58. The smallest absolute Gasteiger partial charge is 0.125 e. The third-order valence-corrected chi connectivity index (χ3v) is 3.46. The van der Waals surface area contributed by atoms with Crippen molar-refractivity contribution in [2.45, 2.75) is 38.2 Å². The van der Waals surface area contributed by atoms with Gasteiger partial charge in [0.2, 0.25) is 0 Å². The van der Waals surface area contributed by atoms with Crippen molar-refractivity contribution < 1.29 is 14.9 Å². The first-order valence-electron chi connectivity index (χ1n) is 5.56. The normalized spacial score (nSPS) is 22.6. The van der Waals surface area contributed by atoms with Gasteiger partial charge >= 0.3 is 0 Å². The van der Waals surface area contributed by atoms with E-state index in [2.05, 4.69) is 13.8 Å². The van der Waals surface area contributed by atoms with E-state index in [1.807, 2.05) is 0 Å². The number of aliphatic hydroxyl groups excluding tert-OH is 1. The van der Waals surface area contributed by atoms with Gasteiger partial charge in [-0.2, -0.15) is 0 Å². The van der Waals surface area contributed by atoms with Gasteiger partial charge in [-0.3, -0.25) is 0 Å². The fourth-order valence-corrected chi connectivity index (χ4v) is 2.58. The summed E-state index contributed by atoms with van der Waals surface area (Å²) in [7, 11) is 1.58. The van der Waals surface area contributed by atoms with Gasteiger partial charge in [-0.15, -0.1) is 0 Å². The van der Waals surface area contributed by atoms with Crippen molar-refractivity contribution in [2.75, 3.05) is 7.11 Å². The summed E-state index contributed by atoms with van der Waals surface area (Å²) < 4.78 is 5.26. The van der Waals surface area contributed by atoms with Gasteiger partial charge in [-0.25, -0.2) is 0 Å². The molecule has 0 spiro atoms. The number of aromatic hydroxyl groups is 1. The summed E-state index contributed by atoms with van der Waals surface area (Å²) >= 11 is 0. The summed E-state index contributed by atoms with van der Waals surface area (Å²) in [5, 5.41) is 20.0. The monoisotopic (exact) mass is 222 g/mol. The van der Waals surface area contributed by atoms with Crippen LogP contribution in [0, 0.1) is 0 Å². The third-order valence-electron chi connectivity index (χ3n) is 3.46. The van der Waals surface area contributed by atoms with Gasteiger partial charge in [0.05, 0.1) is 13.2 Å². The molecule has 2 rings (SSSR count). The maximum Gasteiger partial charge on any atom is 0.125 e. The highest BCUT2D eigenvalue weighted by molar-refractivity contribution is 5.53. The molecule has 1 aliphatic carbocycles. The molecule has 0 radical (unpaired) electrons. The van der Waals surface area contributed by atoms with Crippen LogP contribution in [0.3, 0.4) is 0 Å². The van der Waals surface area contributed by atoms with Gasteiger partial charge in [-0.05, 0) is 30.4 Å². The Hall–Kier alpha value is -1.22. The maximum atomic E-state index is 10.0. The van der Waals surface area contributed by atoms with E-state index in [9.17, 15) is 10.2 Å². The highest BCUT2D eigenvalue weighted by atomic mass is 16.5. The third kappa shape index (κ3) is 1.55. The van der Waals surface area contributed by atoms with E-state index in [0.717, 1.165) is 17.5 Å². The average Bonchev–Trinajstić information content (AvgIpc) is 2.24. The maximum absolute atomic E-state index is 10.0. The molecule has 1 atom stereocenters. The van der Waals surface area contributed by atoms with E-state index in [1.165, 1.54) is 0 Å². The molecule has 0 bridgehead atoms. The number of hydrogen-bond donors (Lipinski definition) is 2. The van der Waals surface area contributed by atoms with Crippen molar-refractivity contribution in [2.24, 2.45) is 0 Å². The van der Waals surface area contributed by atoms with Crippen molar-refractivity contribution >= 4 is 0 Å². The molecule has 0 heterocycles. The summed E-state index contributed by atoms with van der Waals surface area (Å²) in [6, 6.07) is 3.34. The molecule has 3 heteroatoms. The molecule has 0 fully saturated rings. The van der Waals surface area contributed by atoms with Crippen LogP contribution in [0.4, 0.5) is 0 Å². The SMILES string of the molecule is COc1ccc(O)c2c1C(O)CCC2(C)C. The minimum atomic E-state index is -0.537. The molecule has 88 valence electrons. The van der Waals surface area contributed by atoms with E-state index >= 15 is 0 Å². The summed E-state index contributed by atoms with van der Waals surface area (Å²) in [4.78, 5) is 0. The van der Waals surface area contributed by atoms with E-state index < -0.39 is 6.10 Å². The minimum Gasteiger partial charge on any atom is -0.508 e. The van der Waals surface area contributed by atoms with Crippen molar-refractivity contribution in [3.63, 3.8) is 0 Å². The summed E-state index contributed by atoms with van der Waals surface area (Å²) in [5.41, 5.74) is 1.46. The quantitative estimate of drug-likeness (QED) is 0.767. The van der Waals surface area contributed by atoms with Crippen molar-refractivity contribution in [3.05, 3.63) is 23.3 Å². The first-order valence-corrected chi connectivity index (χ1v) is 5.56. The Morgan fingerprint density at radius 3 is 2.69 bits per heavy atom.